The van der Waals surface area contributed by atoms with E-state index >= 15 is 0 Å². The molecule has 0 aliphatic carbocycles. The molecule has 3 aliphatic heterocycles. The highest BCUT2D eigenvalue weighted by atomic mass is 28.4. The summed E-state index contributed by atoms with van der Waals surface area (Å²) < 4.78 is 53.5. The van der Waals surface area contributed by atoms with Crippen LogP contribution in [-0.4, -0.2) is 164 Å². The van der Waals surface area contributed by atoms with Gasteiger partial charge < -0.3 is 62.3 Å². The molecule has 3 N–H and O–H groups in total. The van der Waals surface area contributed by atoms with E-state index < -0.39 is 118 Å². The van der Waals surface area contributed by atoms with Crippen molar-refractivity contribution in [2.45, 2.75) is 218 Å². The molecule has 3 saturated heterocycles. The van der Waals surface area contributed by atoms with Gasteiger partial charge in [-0.2, -0.15) is 0 Å². The molecule has 18 atom stereocenters. The van der Waals surface area contributed by atoms with Crippen LogP contribution in [0.4, 0.5) is 0 Å². The fraction of sp³-hybridized carbons (Fsp3) is 0.872. The highest BCUT2D eigenvalue weighted by Crippen LogP contribution is 2.42. The third-order valence-corrected chi connectivity index (χ3v) is 15.5. The maximum Gasteiger partial charge on any atom is 0.345 e. The van der Waals surface area contributed by atoms with E-state index in [4.69, 9.17) is 42.1 Å². The van der Waals surface area contributed by atoms with Crippen molar-refractivity contribution >= 4 is 28.3 Å². The number of hydrogen-bond donors (Lipinski definition) is 3. The van der Waals surface area contributed by atoms with Gasteiger partial charge in [-0.25, -0.2) is 9.97 Å². The standard InChI is InChI=1S/C47H86N4O13Si2/c1-20-34-47(10,55)39(52)29(4)36(50-62-44-48-22-21-23-49-44)27(2)25-45(8,54)40(61-43-38(63-65(14,15)16)33(51(11)12)24-28(3)57-43)30(5)37(31(6)42(53)59-34)60-35-26-46(9,56-13)41(32(7)58-35)64-66(17,18)19/h21-23,27-35,37-41,43,52,54-55H,20,24-26H2,1-19H3/b50-36+/t27-,28-,29+,30+,31-,32+,33+,34?,35+,37?,38-,39-,40-,41+,43+,45-,46-,47-/m1/s1. The lowest BCUT2D eigenvalue weighted by Gasteiger charge is -2.51. The van der Waals surface area contributed by atoms with Gasteiger partial charge in [0, 0.05) is 49.7 Å². The summed E-state index contributed by atoms with van der Waals surface area (Å²) >= 11 is 0. The van der Waals surface area contributed by atoms with E-state index in [1.165, 1.54) is 19.3 Å². The Morgan fingerprint density at radius 3 is 2.02 bits per heavy atom. The number of aliphatic hydroxyl groups excluding tert-OH is 1. The Hall–Kier alpha value is -1.99. The average Bonchev–Trinajstić information content (AvgIpc) is 3.21. The van der Waals surface area contributed by atoms with Crippen LogP contribution in [0, 0.1) is 23.7 Å². The maximum atomic E-state index is 14.7. The van der Waals surface area contributed by atoms with Gasteiger partial charge in [0.05, 0.1) is 59.5 Å². The second kappa shape index (κ2) is 22.4. The number of nitrogens with zero attached hydrogens (tertiary/aromatic N) is 4. The summed E-state index contributed by atoms with van der Waals surface area (Å²) in [6.45, 7) is 30.7. The van der Waals surface area contributed by atoms with E-state index in [0.29, 0.717) is 12.1 Å². The Morgan fingerprint density at radius 1 is 0.864 bits per heavy atom. The molecule has 0 spiro atoms. The van der Waals surface area contributed by atoms with Gasteiger partial charge in [-0.3, -0.25) is 4.79 Å². The van der Waals surface area contributed by atoms with Crippen molar-refractivity contribution in [2.75, 3.05) is 21.2 Å². The van der Waals surface area contributed by atoms with Gasteiger partial charge in [-0.1, -0.05) is 32.9 Å². The summed E-state index contributed by atoms with van der Waals surface area (Å²) in [5.41, 5.74) is -4.22. The second-order valence-corrected chi connectivity index (χ2v) is 31.0. The average molecular weight is 971 g/mol. The SMILES string of the molecule is CCC1OC(=O)[C@H](C)C(O[C@H]2C[C@@](C)(OC)[C@@H](O[Si](C)(C)C)[C@H](C)O2)[C@H](C)[C@@H](O[C@@H]2O[C@H](C)C[C@H](N(C)C)[C@H]2O[Si](C)(C)C)[C@](C)(O)C[C@@H](C)/C(=N\Oc2ncccn2)[C@H](C)[C@@H](O)[C@]1(C)O. The molecule has 0 bridgehead atoms. The molecule has 17 nitrogen and oxygen atoms in total. The lowest BCUT2D eigenvalue weighted by Crippen LogP contribution is -2.62. The molecule has 0 radical (unpaired) electrons. The third kappa shape index (κ3) is 14.1. The van der Waals surface area contributed by atoms with Crippen molar-refractivity contribution < 1.29 is 62.2 Å². The number of esters is 1. The van der Waals surface area contributed by atoms with Crippen LogP contribution in [0.2, 0.25) is 39.3 Å². The first-order valence-electron chi connectivity index (χ1n) is 23.9. The molecular weight excluding hydrogens is 885 g/mol. The number of carbonyl (C=O) groups excluding carboxylic acids is 1. The van der Waals surface area contributed by atoms with Crippen molar-refractivity contribution in [2.24, 2.45) is 28.8 Å². The smallest absolute Gasteiger partial charge is 0.345 e. The molecule has 0 saturated carbocycles. The zero-order valence-electron chi connectivity index (χ0n) is 43.4. The van der Waals surface area contributed by atoms with E-state index in [9.17, 15) is 20.1 Å². The normalized spacial score (nSPS) is 42.2. The first kappa shape index (κ1) is 56.6. The number of carbonyl (C=O) groups is 1. The fourth-order valence-corrected chi connectivity index (χ4v) is 12.4. The minimum absolute atomic E-state index is 0.00908. The van der Waals surface area contributed by atoms with Crippen LogP contribution in [0.25, 0.3) is 0 Å². The summed E-state index contributed by atoms with van der Waals surface area (Å²) in [5, 5.41) is 42.0. The van der Waals surface area contributed by atoms with Gasteiger partial charge >= 0.3 is 12.0 Å². The molecule has 0 aromatic carbocycles. The van der Waals surface area contributed by atoms with Crippen molar-refractivity contribution in [3.8, 4) is 6.01 Å². The molecule has 1 aromatic heterocycles. The van der Waals surface area contributed by atoms with Crippen LogP contribution in [-0.2, 0) is 42.1 Å². The second-order valence-electron chi connectivity index (χ2n) is 22.1. The van der Waals surface area contributed by atoms with Gasteiger partial charge in [-0.15, -0.1) is 0 Å². The summed E-state index contributed by atoms with van der Waals surface area (Å²) in [7, 11) is 1.38. The largest absolute Gasteiger partial charge is 0.459 e. The topological polar surface area (TPSA) is 202 Å². The number of aromatic nitrogens is 2. The van der Waals surface area contributed by atoms with E-state index in [1.54, 1.807) is 40.9 Å². The Balaban J connectivity index is 1.94. The molecule has 380 valence electrons. The number of aliphatic hydroxyl groups is 3. The Labute approximate surface area is 397 Å². The summed E-state index contributed by atoms with van der Waals surface area (Å²) in [5.74, 6) is -3.98. The predicted molar refractivity (Wildman–Crippen MR) is 256 cm³/mol. The first-order valence-corrected chi connectivity index (χ1v) is 30.7. The Kier molecular flexibility index (Phi) is 19.2. The van der Waals surface area contributed by atoms with Crippen LogP contribution in [0.5, 0.6) is 6.01 Å². The van der Waals surface area contributed by atoms with Crippen molar-refractivity contribution in [1.29, 1.82) is 0 Å². The van der Waals surface area contributed by atoms with Crippen LogP contribution >= 0.6 is 0 Å². The molecular formula is C47H86N4O13Si2. The monoisotopic (exact) mass is 971 g/mol. The molecule has 4 rings (SSSR count). The maximum absolute atomic E-state index is 14.7. The first-order chi connectivity index (χ1) is 30.4. The van der Waals surface area contributed by atoms with E-state index in [0.717, 1.165) is 0 Å². The third-order valence-electron chi connectivity index (χ3n) is 13.5. The van der Waals surface area contributed by atoms with Gasteiger partial charge in [0.2, 0.25) is 0 Å². The number of oxime groups is 1. The minimum atomic E-state index is -2.23. The highest BCUT2D eigenvalue weighted by Gasteiger charge is 2.54. The van der Waals surface area contributed by atoms with Crippen LogP contribution in [0.3, 0.4) is 0 Å². The Morgan fingerprint density at radius 2 is 1.47 bits per heavy atom. The fourth-order valence-electron chi connectivity index (χ4n) is 10.1. The number of rotatable bonds is 13. The zero-order chi connectivity index (χ0) is 49.9. The Bertz CT molecular complexity index is 1730. The quantitative estimate of drug-likeness (QED) is 0.115. The number of hydrogen-bond acceptors (Lipinski definition) is 17. The summed E-state index contributed by atoms with van der Waals surface area (Å²) in [4.78, 5) is 30.9. The summed E-state index contributed by atoms with van der Waals surface area (Å²) in [6, 6.07) is 1.52. The lowest BCUT2D eigenvalue weighted by molar-refractivity contribution is -0.315. The molecule has 1 aromatic rings. The van der Waals surface area contributed by atoms with Gasteiger partial charge in [0.25, 0.3) is 0 Å². The molecule has 3 aliphatic rings. The summed E-state index contributed by atoms with van der Waals surface area (Å²) in [6.07, 6.45) is -4.12. The van der Waals surface area contributed by atoms with Crippen LogP contribution in [0.15, 0.2) is 23.6 Å². The molecule has 2 unspecified atom stereocenters. The van der Waals surface area contributed by atoms with Crippen molar-refractivity contribution in [3.63, 3.8) is 0 Å². The molecule has 4 heterocycles. The highest BCUT2D eigenvalue weighted by molar-refractivity contribution is 6.70. The van der Waals surface area contributed by atoms with E-state index in [2.05, 4.69) is 59.3 Å². The van der Waals surface area contributed by atoms with Gasteiger partial charge in [0.15, 0.2) is 29.2 Å². The number of ether oxygens (including phenoxy) is 6. The minimum Gasteiger partial charge on any atom is -0.459 e. The van der Waals surface area contributed by atoms with E-state index in [-0.39, 0.29) is 37.4 Å². The molecule has 19 heteroatoms. The van der Waals surface area contributed by atoms with Crippen LogP contribution in [0.1, 0.15) is 94.9 Å². The van der Waals surface area contributed by atoms with Gasteiger partial charge in [-0.05, 0) is 120 Å². The lowest BCUT2D eigenvalue weighted by atomic mass is 9.73. The predicted octanol–water partition coefficient (Wildman–Crippen LogP) is 6.16. The molecule has 0 amide bonds. The molecule has 66 heavy (non-hydrogen) atoms. The van der Waals surface area contributed by atoms with Crippen molar-refractivity contribution in [1.82, 2.24) is 14.9 Å². The van der Waals surface area contributed by atoms with E-state index in [1.807, 2.05) is 48.7 Å². The van der Waals surface area contributed by atoms with Crippen molar-refractivity contribution in [3.05, 3.63) is 18.5 Å². The van der Waals surface area contributed by atoms with Crippen LogP contribution < -0.4 is 4.84 Å². The van der Waals surface area contributed by atoms with Gasteiger partial charge in [0.1, 0.15) is 17.8 Å². The number of methoxy groups -OCH3 is 1. The molecule has 3 fully saturated rings. The number of cyclic esters (lactones) is 1. The zero-order valence-corrected chi connectivity index (χ0v) is 45.4. The number of likely N-dealkylation sites (N-methyl/N-ethyl adjacent to an activating group) is 1.